The Morgan fingerprint density at radius 2 is 0.843 bits per heavy atom. The van der Waals surface area contributed by atoms with Gasteiger partial charge in [-0.25, -0.2) is 9.97 Å². The van der Waals surface area contributed by atoms with Crippen molar-refractivity contribution in [1.82, 2.24) is 14.5 Å². The van der Waals surface area contributed by atoms with Gasteiger partial charge in [-0.1, -0.05) is 133 Å². The fourth-order valence-corrected chi connectivity index (χ4v) is 9.32. The number of aromatic nitrogens is 3. The van der Waals surface area contributed by atoms with E-state index in [0.29, 0.717) is 56.2 Å². The van der Waals surface area contributed by atoms with Crippen LogP contribution in [0.4, 0.5) is 17.1 Å². The summed E-state index contributed by atoms with van der Waals surface area (Å²) in [5.74, 6) is 0.386. The molecule has 2 heterocycles. The molecule has 324 valence electrons. The summed E-state index contributed by atoms with van der Waals surface area (Å²) >= 11 is 0. The van der Waals surface area contributed by atoms with Crippen LogP contribution >= 0.6 is 0 Å². The van der Waals surface area contributed by atoms with Crippen LogP contribution in [0.1, 0.15) is 22.3 Å². The zero-order valence-electron chi connectivity index (χ0n) is 37.4. The molecule has 0 saturated carbocycles. The van der Waals surface area contributed by atoms with E-state index in [4.69, 9.17) is 9.97 Å². The molecule has 11 rings (SSSR count). The van der Waals surface area contributed by atoms with Gasteiger partial charge >= 0.3 is 0 Å². The lowest BCUT2D eigenvalue weighted by Gasteiger charge is -2.25. The van der Waals surface area contributed by atoms with E-state index < -0.39 is 0 Å². The van der Waals surface area contributed by atoms with Crippen LogP contribution in [0.15, 0.2) is 218 Å². The number of para-hydroxylation sites is 3. The molecule has 0 aliphatic heterocycles. The maximum Gasteiger partial charge on any atom is 0.161 e. The molecule has 0 unspecified atom stereocenters. The van der Waals surface area contributed by atoms with Crippen LogP contribution in [0.25, 0.3) is 83.6 Å². The minimum Gasteiger partial charge on any atom is -0.310 e. The Hall–Kier alpha value is -10.4. The highest BCUT2D eigenvalue weighted by atomic mass is 15.1. The predicted molar refractivity (Wildman–Crippen MR) is 277 cm³/mol. The molecule has 8 nitrogen and oxygen atoms in total. The lowest BCUT2D eigenvalue weighted by Crippen LogP contribution is -2.09. The van der Waals surface area contributed by atoms with Crippen LogP contribution in [0.3, 0.4) is 0 Å². The van der Waals surface area contributed by atoms with Crippen molar-refractivity contribution >= 4 is 38.9 Å². The van der Waals surface area contributed by atoms with Gasteiger partial charge in [0.15, 0.2) is 5.82 Å². The van der Waals surface area contributed by atoms with Crippen molar-refractivity contribution in [2.75, 3.05) is 4.90 Å². The van der Waals surface area contributed by atoms with Crippen molar-refractivity contribution in [2.24, 2.45) is 0 Å². The lowest BCUT2D eigenvalue weighted by molar-refractivity contribution is 1.17. The maximum absolute atomic E-state index is 10.7. The summed E-state index contributed by atoms with van der Waals surface area (Å²) in [7, 11) is 0. The number of nitrogens with zero attached hydrogens (tertiary/aromatic N) is 8. The fourth-order valence-electron chi connectivity index (χ4n) is 9.32. The van der Waals surface area contributed by atoms with Crippen molar-refractivity contribution in [3.05, 3.63) is 241 Å². The Bertz CT molecular complexity index is 3830. The third-order valence-corrected chi connectivity index (χ3v) is 12.6. The molecule has 0 spiro atoms. The zero-order valence-corrected chi connectivity index (χ0v) is 37.4. The zero-order chi connectivity index (χ0) is 47.6. The number of rotatable bonds is 9. The van der Waals surface area contributed by atoms with Gasteiger partial charge in [0, 0.05) is 55.8 Å². The third kappa shape index (κ3) is 7.63. The number of benzene rings is 9. The van der Waals surface area contributed by atoms with Gasteiger partial charge in [0.25, 0.3) is 0 Å². The molecule has 0 N–H and O–H groups in total. The van der Waals surface area contributed by atoms with Gasteiger partial charge in [-0.05, 0) is 102 Å². The van der Waals surface area contributed by atoms with E-state index in [9.17, 15) is 21.0 Å². The first-order chi connectivity index (χ1) is 34.5. The Morgan fingerprint density at radius 3 is 1.46 bits per heavy atom. The molecule has 2 aromatic heterocycles. The second-order valence-electron chi connectivity index (χ2n) is 16.6. The number of fused-ring (bicyclic) bond motifs is 3. The van der Waals surface area contributed by atoms with Gasteiger partial charge in [0.1, 0.15) is 0 Å². The van der Waals surface area contributed by atoms with Crippen LogP contribution in [-0.4, -0.2) is 14.5 Å². The van der Waals surface area contributed by atoms with Crippen LogP contribution in [0, 0.1) is 45.3 Å². The van der Waals surface area contributed by atoms with Crippen LogP contribution in [0.5, 0.6) is 0 Å². The topological polar surface area (TPSA) is 129 Å². The van der Waals surface area contributed by atoms with E-state index in [1.165, 1.54) is 0 Å². The van der Waals surface area contributed by atoms with Crippen LogP contribution < -0.4 is 4.90 Å². The van der Waals surface area contributed by atoms with Crippen molar-refractivity contribution in [2.45, 2.75) is 0 Å². The smallest absolute Gasteiger partial charge is 0.161 e. The van der Waals surface area contributed by atoms with Gasteiger partial charge in [0.05, 0.1) is 69.0 Å². The first kappa shape index (κ1) is 42.3. The average Bonchev–Trinajstić information content (AvgIpc) is 3.77. The Balaban J connectivity index is 0.936. The molecular weight excluding hydrogens is 857 g/mol. The lowest BCUT2D eigenvalue weighted by atomic mass is 9.92. The standard InChI is InChI=1S/C62H36N8/c63-37-45-13-7-9-19-53(45)58-36-57(67-62(68-58)54-20-10-8-14-46(54)38-64)43-27-23-41(24-28-43)42-25-29-44(30-26-42)61-47(39-65)33-52(34-48(61)40-66)70-59-22-12-11-21-55(59)56-35-51(31-32-60(56)70)69(49-15-3-1-4-16-49)50-17-5-2-6-18-50/h1-36H. The summed E-state index contributed by atoms with van der Waals surface area (Å²) in [5.41, 5.74) is 14.0. The molecule has 8 heteroatoms. The molecule has 0 atom stereocenters. The summed E-state index contributed by atoms with van der Waals surface area (Å²) in [6, 6.07) is 80.7. The first-order valence-corrected chi connectivity index (χ1v) is 22.5. The third-order valence-electron chi connectivity index (χ3n) is 12.6. The molecule has 0 bridgehead atoms. The number of anilines is 3. The first-order valence-electron chi connectivity index (χ1n) is 22.5. The minimum absolute atomic E-state index is 0.386. The molecule has 0 fully saturated rings. The summed E-state index contributed by atoms with van der Waals surface area (Å²) < 4.78 is 2.14. The van der Waals surface area contributed by atoms with Crippen molar-refractivity contribution < 1.29 is 0 Å². The van der Waals surface area contributed by atoms with Gasteiger partial charge in [0.2, 0.25) is 0 Å². The molecule has 0 amide bonds. The monoisotopic (exact) mass is 892 g/mol. The maximum atomic E-state index is 10.7. The SMILES string of the molecule is N#Cc1ccccc1-c1cc(-c2ccc(-c3ccc(-c4c(C#N)cc(-n5c6ccccc6c6cc(N(c7ccccc7)c7ccccc7)ccc65)cc4C#N)cc3)cc2)nc(-c2ccccc2C#N)n1. The molecule has 70 heavy (non-hydrogen) atoms. The van der Waals surface area contributed by atoms with Gasteiger partial charge in [-0.2, -0.15) is 21.0 Å². The van der Waals surface area contributed by atoms with Crippen LogP contribution in [-0.2, 0) is 0 Å². The normalized spacial score (nSPS) is 10.8. The average molecular weight is 893 g/mol. The quantitative estimate of drug-likeness (QED) is 0.141. The molecular formula is C62H36N8. The van der Waals surface area contributed by atoms with Crippen molar-refractivity contribution in [3.63, 3.8) is 0 Å². The second kappa shape index (κ2) is 18.1. The summed E-state index contributed by atoms with van der Waals surface area (Å²) in [6.07, 6.45) is 0. The van der Waals surface area contributed by atoms with Crippen LogP contribution in [0.2, 0.25) is 0 Å². The van der Waals surface area contributed by atoms with Crippen molar-refractivity contribution in [1.29, 1.82) is 21.0 Å². The van der Waals surface area contributed by atoms with Gasteiger partial charge < -0.3 is 9.47 Å². The molecule has 0 aliphatic carbocycles. The largest absolute Gasteiger partial charge is 0.310 e. The second-order valence-corrected chi connectivity index (χ2v) is 16.6. The summed E-state index contributed by atoms with van der Waals surface area (Å²) in [4.78, 5) is 12.0. The van der Waals surface area contributed by atoms with E-state index >= 15 is 0 Å². The molecule has 0 saturated heterocycles. The predicted octanol–water partition coefficient (Wildman–Crippen LogP) is 14.9. The highest BCUT2D eigenvalue weighted by molar-refractivity contribution is 6.11. The van der Waals surface area contributed by atoms with E-state index in [0.717, 1.165) is 66.8 Å². The van der Waals surface area contributed by atoms with E-state index in [1.807, 2.05) is 146 Å². The van der Waals surface area contributed by atoms with E-state index in [2.05, 4.69) is 88.3 Å². The highest BCUT2D eigenvalue weighted by Gasteiger charge is 2.21. The molecule has 0 radical (unpaired) electrons. The molecule has 9 aromatic carbocycles. The number of hydrogen-bond donors (Lipinski definition) is 0. The summed E-state index contributed by atoms with van der Waals surface area (Å²) in [5, 5.41) is 43.4. The summed E-state index contributed by atoms with van der Waals surface area (Å²) in [6.45, 7) is 0. The van der Waals surface area contributed by atoms with Gasteiger partial charge in [-0.3, -0.25) is 0 Å². The van der Waals surface area contributed by atoms with E-state index in [1.54, 1.807) is 18.2 Å². The van der Waals surface area contributed by atoms with Crippen molar-refractivity contribution in [3.8, 4) is 86.1 Å². The Kier molecular flexibility index (Phi) is 10.9. The molecule has 11 aromatic rings. The number of hydrogen-bond acceptors (Lipinski definition) is 7. The fraction of sp³-hybridized carbons (Fsp3) is 0. The van der Waals surface area contributed by atoms with Gasteiger partial charge in [-0.15, -0.1) is 0 Å². The Morgan fingerprint density at radius 1 is 0.357 bits per heavy atom. The highest BCUT2D eigenvalue weighted by Crippen LogP contribution is 2.41. The Labute approximate surface area is 404 Å². The molecule has 0 aliphatic rings. The van der Waals surface area contributed by atoms with E-state index in [-0.39, 0.29) is 0 Å². The minimum atomic E-state index is 0.386. The number of nitriles is 4.